The van der Waals surface area contributed by atoms with E-state index in [-0.39, 0.29) is 25.6 Å². The van der Waals surface area contributed by atoms with Crippen molar-refractivity contribution in [2.24, 2.45) is 0 Å². The lowest BCUT2D eigenvalue weighted by molar-refractivity contribution is -0.148. The van der Waals surface area contributed by atoms with E-state index in [1.54, 1.807) is 24.3 Å². The first kappa shape index (κ1) is 25.3. The number of methoxy groups -OCH3 is 1. The molecule has 0 bridgehead atoms. The average molecular weight is 461 g/mol. The lowest BCUT2D eigenvalue weighted by Gasteiger charge is -2.24. The fourth-order valence-corrected chi connectivity index (χ4v) is 3.97. The molecule has 8 heteroatoms. The molecule has 2 rings (SSSR count). The third-order valence-corrected chi connectivity index (χ3v) is 7.20. The third-order valence-electron chi connectivity index (χ3n) is 4.71. The maximum Gasteiger partial charge on any atom is 0.332 e. The van der Waals surface area contributed by atoms with Crippen LogP contribution >= 0.6 is 0 Å². The molecule has 0 unspecified atom stereocenters. The second-order valence-corrected chi connectivity index (χ2v) is 10.4. The van der Waals surface area contributed by atoms with E-state index in [2.05, 4.69) is 4.74 Å². The number of ether oxygens (including phenoxy) is 3. The van der Waals surface area contributed by atoms with E-state index in [1.165, 1.54) is 33.1 Å². The van der Waals surface area contributed by atoms with E-state index in [9.17, 15) is 18.0 Å². The maximum absolute atomic E-state index is 13.0. The Bertz CT molecular complexity index is 1040. The minimum absolute atomic E-state index is 0.149. The van der Waals surface area contributed by atoms with Crippen LogP contribution in [0, 0.1) is 0 Å². The molecular weight excluding hydrogens is 432 g/mol. The molecule has 0 spiro atoms. The Morgan fingerprint density at radius 3 is 2.31 bits per heavy atom. The van der Waals surface area contributed by atoms with Gasteiger partial charge in [-0.2, -0.15) is 0 Å². The standard InChI is InChI=1S/C24H28O7S/c1-24(2,18-31-23(26)16-29-3)32(27,28)17-21-12-8-7-11-20(21)13-14-22(25)30-15-19-9-5-4-6-10-19/h4-14H,15-18H2,1-3H3/b14-13+. The van der Waals surface area contributed by atoms with Gasteiger partial charge in [0, 0.05) is 13.2 Å². The lowest BCUT2D eigenvalue weighted by Crippen LogP contribution is -2.39. The van der Waals surface area contributed by atoms with E-state index in [0.717, 1.165) is 5.56 Å². The molecular formula is C24H28O7S. The zero-order valence-corrected chi connectivity index (χ0v) is 19.3. The number of esters is 2. The fraction of sp³-hybridized carbons (Fsp3) is 0.333. The lowest BCUT2D eigenvalue weighted by atomic mass is 10.1. The van der Waals surface area contributed by atoms with Crippen molar-refractivity contribution in [3.63, 3.8) is 0 Å². The maximum atomic E-state index is 13.0. The van der Waals surface area contributed by atoms with Crippen LogP contribution in [0.5, 0.6) is 0 Å². The van der Waals surface area contributed by atoms with Crippen LogP contribution in [0.2, 0.25) is 0 Å². The zero-order valence-electron chi connectivity index (χ0n) is 18.4. The first-order chi connectivity index (χ1) is 15.1. The summed E-state index contributed by atoms with van der Waals surface area (Å²) in [5.41, 5.74) is 1.98. The minimum Gasteiger partial charge on any atom is -0.462 e. The van der Waals surface area contributed by atoms with Crippen molar-refractivity contribution in [2.75, 3.05) is 20.3 Å². The number of carbonyl (C=O) groups is 2. The molecule has 0 aliphatic rings. The highest BCUT2D eigenvalue weighted by atomic mass is 32.2. The van der Waals surface area contributed by atoms with Crippen LogP contribution in [0.4, 0.5) is 0 Å². The molecule has 0 aromatic heterocycles. The third kappa shape index (κ3) is 7.62. The molecule has 0 radical (unpaired) electrons. The molecule has 0 atom stereocenters. The molecule has 172 valence electrons. The Morgan fingerprint density at radius 2 is 1.62 bits per heavy atom. The molecule has 0 saturated carbocycles. The van der Waals surface area contributed by atoms with Crippen molar-refractivity contribution in [1.29, 1.82) is 0 Å². The average Bonchev–Trinajstić information content (AvgIpc) is 2.76. The summed E-state index contributed by atoms with van der Waals surface area (Å²) in [6, 6.07) is 16.2. The number of benzene rings is 2. The highest BCUT2D eigenvalue weighted by molar-refractivity contribution is 7.92. The Kier molecular flexibility index (Phi) is 9.16. The molecule has 32 heavy (non-hydrogen) atoms. The zero-order chi connectivity index (χ0) is 23.6. The summed E-state index contributed by atoms with van der Waals surface area (Å²) in [4.78, 5) is 23.6. The molecule has 0 amide bonds. The Hall–Kier alpha value is -2.97. The van der Waals surface area contributed by atoms with Crippen molar-refractivity contribution >= 4 is 27.9 Å². The van der Waals surface area contributed by atoms with Gasteiger partial charge in [0.25, 0.3) is 0 Å². The number of hydrogen-bond donors (Lipinski definition) is 0. The first-order valence-electron chi connectivity index (χ1n) is 9.98. The van der Waals surface area contributed by atoms with Gasteiger partial charge in [-0.05, 0) is 36.6 Å². The summed E-state index contributed by atoms with van der Waals surface area (Å²) in [5.74, 6) is -1.44. The SMILES string of the molecule is COCC(=O)OCC(C)(C)S(=O)(=O)Cc1ccccc1/C=C/C(=O)OCc1ccccc1. The molecule has 0 saturated heterocycles. The van der Waals surface area contributed by atoms with Crippen LogP contribution < -0.4 is 0 Å². The number of hydrogen-bond acceptors (Lipinski definition) is 7. The normalized spacial score (nSPS) is 12.0. The molecule has 0 N–H and O–H groups in total. The fourth-order valence-electron chi connectivity index (χ4n) is 2.67. The predicted octanol–water partition coefficient (Wildman–Crippen LogP) is 3.33. The summed E-state index contributed by atoms with van der Waals surface area (Å²) in [7, 11) is -2.35. The van der Waals surface area contributed by atoms with E-state index >= 15 is 0 Å². The van der Waals surface area contributed by atoms with Gasteiger partial charge < -0.3 is 14.2 Å². The smallest absolute Gasteiger partial charge is 0.332 e. The van der Waals surface area contributed by atoms with Gasteiger partial charge in [-0.25, -0.2) is 18.0 Å². The summed E-state index contributed by atoms with van der Waals surface area (Å²) >= 11 is 0. The van der Waals surface area contributed by atoms with Crippen molar-refractivity contribution in [2.45, 2.75) is 31.0 Å². The highest BCUT2D eigenvalue weighted by Crippen LogP contribution is 2.24. The van der Waals surface area contributed by atoms with Crippen LogP contribution in [-0.2, 0) is 46.0 Å². The Morgan fingerprint density at radius 1 is 0.969 bits per heavy atom. The van der Waals surface area contributed by atoms with Crippen molar-refractivity contribution in [3.05, 3.63) is 77.4 Å². The van der Waals surface area contributed by atoms with Crippen LogP contribution in [-0.4, -0.2) is 45.4 Å². The number of sulfone groups is 1. The van der Waals surface area contributed by atoms with Gasteiger partial charge in [0.15, 0.2) is 9.84 Å². The summed E-state index contributed by atoms with van der Waals surface area (Å²) in [6.07, 6.45) is 2.80. The molecule has 0 aliphatic carbocycles. The number of rotatable bonds is 11. The van der Waals surface area contributed by atoms with Crippen molar-refractivity contribution in [3.8, 4) is 0 Å². The molecule has 0 aliphatic heterocycles. The molecule has 2 aromatic carbocycles. The second-order valence-electron chi connectivity index (χ2n) is 7.74. The largest absolute Gasteiger partial charge is 0.462 e. The summed E-state index contributed by atoms with van der Waals surface area (Å²) < 4.78 is 39.6. The predicted molar refractivity (Wildman–Crippen MR) is 121 cm³/mol. The second kappa shape index (κ2) is 11.6. The van der Waals surface area contributed by atoms with Crippen molar-refractivity contribution < 1.29 is 32.2 Å². The van der Waals surface area contributed by atoms with Crippen LogP contribution in [0.1, 0.15) is 30.5 Å². The van der Waals surface area contributed by atoms with E-state index < -0.39 is 26.5 Å². The Balaban J connectivity index is 2.06. The van der Waals surface area contributed by atoms with Crippen molar-refractivity contribution in [1.82, 2.24) is 0 Å². The van der Waals surface area contributed by atoms with E-state index in [1.807, 2.05) is 30.3 Å². The van der Waals surface area contributed by atoms with Gasteiger partial charge in [0.05, 0.1) is 5.75 Å². The minimum atomic E-state index is -3.70. The molecule has 2 aromatic rings. The van der Waals surface area contributed by atoms with Gasteiger partial charge in [0.2, 0.25) is 0 Å². The van der Waals surface area contributed by atoms with Crippen LogP contribution in [0.25, 0.3) is 6.08 Å². The Labute approximate surface area is 188 Å². The van der Waals surface area contributed by atoms with Gasteiger partial charge in [-0.1, -0.05) is 54.6 Å². The van der Waals surface area contributed by atoms with Gasteiger partial charge in [-0.3, -0.25) is 0 Å². The summed E-state index contributed by atoms with van der Waals surface area (Å²) in [6.45, 7) is 2.62. The topological polar surface area (TPSA) is 96.0 Å². The monoisotopic (exact) mass is 460 g/mol. The van der Waals surface area contributed by atoms with Crippen LogP contribution in [0.15, 0.2) is 60.7 Å². The number of carbonyl (C=O) groups excluding carboxylic acids is 2. The van der Waals surface area contributed by atoms with Gasteiger partial charge >= 0.3 is 11.9 Å². The van der Waals surface area contributed by atoms with E-state index in [0.29, 0.717) is 11.1 Å². The summed E-state index contributed by atoms with van der Waals surface area (Å²) in [5, 5.41) is 0. The molecule has 0 fully saturated rings. The first-order valence-corrected chi connectivity index (χ1v) is 11.6. The van der Waals surface area contributed by atoms with Crippen LogP contribution in [0.3, 0.4) is 0 Å². The quantitative estimate of drug-likeness (QED) is 0.375. The molecule has 0 heterocycles. The molecule has 7 nitrogen and oxygen atoms in total. The van der Waals surface area contributed by atoms with E-state index in [4.69, 9.17) is 9.47 Å². The van der Waals surface area contributed by atoms with Gasteiger partial charge in [-0.15, -0.1) is 0 Å². The highest BCUT2D eigenvalue weighted by Gasteiger charge is 2.36. The van der Waals surface area contributed by atoms with Gasteiger partial charge in [0.1, 0.15) is 24.6 Å².